The van der Waals surface area contributed by atoms with Gasteiger partial charge >= 0.3 is 12.1 Å². The maximum absolute atomic E-state index is 14.6. The molecule has 0 radical (unpaired) electrons. The third kappa shape index (κ3) is 6.44. The molecule has 11 nitrogen and oxygen atoms in total. The summed E-state index contributed by atoms with van der Waals surface area (Å²) in [4.78, 5) is 23.5. The summed E-state index contributed by atoms with van der Waals surface area (Å²) in [6.45, 7) is 3.99. The average Bonchev–Trinajstić information content (AvgIpc) is 3.53. The fourth-order valence-electron chi connectivity index (χ4n) is 5.78. The predicted molar refractivity (Wildman–Crippen MR) is 149 cm³/mol. The number of carboxylic acid groups (broad SMARTS) is 1. The van der Waals surface area contributed by atoms with E-state index in [4.69, 9.17) is 10.5 Å². The number of nitrogen functional groups attached to an aromatic ring is 1. The fraction of sp³-hybridized carbons (Fsp3) is 0.500. The molecule has 0 aliphatic carbocycles. The van der Waals surface area contributed by atoms with Gasteiger partial charge in [0.2, 0.25) is 17.9 Å². The van der Waals surface area contributed by atoms with E-state index in [0.29, 0.717) is 57.0 Å². The van der Waals surface area contributed by atoms with Gasteiger partial charge in [-0.1, -0.05) is 12.1 Å². The number of benzene rings is 1. The maximum atomic E-state index is 14.6. The van der Waals surface area contributed by atoms with Gasteiger partial charge in [-0.05, 0) is 63.4 Å². The Balaban J connectivity index is 1.42. The van der Waals surface area contributed by atoms with Crippen LogP contribution in [0.25, 0.3) is 5.69 Å². The van der Waals surface area contributed by atoms with Gasteiger partial charge in [-0.2, -0.15) is 28.2 Å². The first-order valence-electron chi connectivity index (χ1n) is 13.7. The van der Waals surface area contributed by atoms with E-state index < -0.39 is 24.3 Å². The summed E-state index contributed by atoms with van der Waals surface area (Å²) in [7, 11) is 3.76. The number of aliphatic carboxylic acids is 1. The molecule has 1 aromatic carbocycles. The molecule has 2 aromatic heterocycles. The van der Waals surface area contributed by atoms with Crippen molar-refractivity contribution in [1.29, 1.82) is 0 Å². The molecule has 42 heavy (non-hydrogen) atoms. The molecule has 2 aliphatic rings. The van der Waals surface area contributed by atoms with E-state index in [1.165, 1.54) is 16.8 Å². The van der Waals surface area contributed by atoms with Crippen LogP contribution in [0.5, 0.6) is 5.88 Å². The zero-order valence-electron chi connectivity index (χ0n) is 23.7. The van der Waals surface area contributed by atoms with Gasteiger partial charge in [0.15, 0.2) is 0 Å². The summed E-state index contributed by atoms with van der Waals surface area (Å²) in [6.07, 6.45) is -3.57. The van der Waals surface area contributed by atoms with E-state index in [0.717, 1.165) is 5.56 Å². The molecule has 3 aromatic rings. The zero-order valence-corrected chi connectivity index (χ0v) is 23.7. The van der Waals surface area contributed by atoms with E-state index in [2.05, 4.69) is 20.4 Å². The van der Waals surface area contributed by atoms with E-state index in [1.54, 1.807) is 31.3 Å². The number of hydrogen-bond donors (Lipinski definition) is 3. The Morgan fingerprint density at radius 3 is 2.57 bits per heavy atom. The smallest absolute Gasteiger partial charge is 0.429 e. The predicted octanol–water partition coefficient (Wildman–Crippen LogP) is 3.33. The monoisotopic (exact) mass is 588 g/mol. The lowest BCUT2D eigenvalue weighted by Gasteiger charge is -2.39. The Labute approximate surface area is 241 Å². The number of piperidine rings is 1. The number of hydrogen-bond acceptors (Lipinski definition) is 9. The van der Waals surface area contributed by atoms with Crippen molar-refractivity contribution in [3.8, 4) is 11.6 Å². The molecular weight excluding hydrogens is 553 g/mol. The first-order chi connectivity index (χ1) is 19.8. The Bertz CT molecular complexity index is 1440. The van der Waals surface area contributed by atoms with Crippen molar-refractivity contribution in [3.05, 3.63) is 53.3 Å². The molecule has 0 unspecified atom stereocenters. The largest absolute Gasteiger partial charge is 0.480 e. The molecule has 0 amide bonds. The van der Waals surface area contributed by atoms with Crippen molar-refractivity contribution in [2.24, 2.45) is 5.41 Å². The molecule has 0 saturated carbocycles. The lowest BCUT2D eigenvalue weighted by Crippen LogP contribution is -2.41. The van der Waals surface area contributed by atoms with Crippen molar-refractivity contribution >= 4 is 17.7 Å². The second-order valence-electron chi connectivity index (χ2n) is 11.5. The van der Waals surface area contributed by atoms with Crippen LogP contribution in [0, 0.1) is 12.3 Å². The highest BCUT2D eigenvalue weighted by Crippen LogP contribution is 2.42. The van der Waals surface area contributed by atoms with Gasteiger partial charge in [-0.25, -0.2) is 4.68 Å². The SMILES string of the molecule is Cc1ccn(-c2cc(CN(C)C)ccc2[C@@H](Oc2cc(N3CCC4(CC3)CN[C@H](C(=O)O)C4)nc(N)n2)C(F)(F)F)n1. The van der Waals surface area contributed by atoms with E-state index in [-0.39, 0.29) is 28.5 Å². The van der Waals surface area contributed by atoms with Crippen LogP contribution in [0.1, 0.15) is 42.2 Å². The van der Waals surface area contributed by atoms with Crippen LogP contribution in [0.2, 0.25) is 0 Å². The number of nitrogens with two attached hydrogens (primary N) is 1. The summed E-state index contributed by atoms with van der Waals surface area (Å²) < 4.78 is 50.9. The number of anilines is 2. The molecule has 2 atom stereocenters. The minimum atomic E-state index is -4.78. The summed E-state index contributed by atoms with van der Waals surface area (Å²) >= 11 is 0. The number of aromatic nitrogens is 4. The van der Waals surface area contributed by atoms with Crippen LogP contribution in [0.4, 0.5) is 24.9 Å². The molecule has 5 rings (SSSR count). The second-order valence-corrected chi connectivity index (χ2v) is 11.5. The number of aryl methyl sites for hydroxylation is 1. The summed E-state index contributed by atoms with van der Waals surface area (Å²) in [5.41, 5.74) is 7.41. The van der Waals surface area contributed by atoms with Gasteiger partial charge in [0, 0.05) is 44.0 Å². The molecule has 226 valence electrons. The third-order valence-electron chi connectivity index (χ3n) is 7.89. The number of carboxylic acids is 1. The van der Waals surface area contributed by atoms with Crippen LogP contribution in [0.3, 0.4) is 0 Å². The van der Waals surface area contributed by atoms with Gasteiger partial charge < -0.3 is 30.7 Å². The number of halogens is 3. The lowest BCUT2D eigenvalue weighted by molar-refractivity contribution is -0.198. The Hall–Kier alpha value is -3.91. The zero-order chi connectivity index (χ0) is 30.2. The number of alkyl halides is 3. The highest BCUT2D eigenvalue weighted by atomic mass is 19.4. The van der Waals surface area contributed by atoms with Gasteiger partial charge in [0.1, 0.15) is 11.9 Å². The van der Waals surface area contributed by atoms with Crippen molar-refractivity contribution in [3.63, 3.8) is 0 Å². The summed E-state index contributed by atoms with van der Waals surface area (Å²) in [5, 5.41) is 16.8. The molecule has 14 heteroatoms. The molecule has 2 aliphatic heterocycles. The number of rotatable bonds is 8. The van der Waals surface area contributed by atoms with Crippen LogP contribution < -0.4 is 20.7 Å². The number of nitrogens with zero attached hydrogens (tertiary/aromatic N) is 6. The van der Waals surface area contributed by atoms with Gasteiger partial charge in [0.05, 0.1) is 11.4 Å². The standard InChI is InChI=1S/C28H35F3N8O3/c1-17-6-9-39(36-17)21-12-18(15-37(2)3)4-5-19(21)24(28(29,30)31)42-23-13-22(34-26(32)35-23)38-10-7-27(8-11-38)14-20(25(40)41)33-16-27/h4-6,9,12-13,20,24,33H,7-8,10-11,14-16H2,1-3H3,(H,40,41)(H2,32,34,35)/t20-,24+/m0/s1. The Kier molecular flexibility index (Phi) is 8.03. The highest BCUT2D eigenvalue weighted by Gasteiger charge is 2.46. The van der Waals surface area contributed by atoms with Crippen LogP contribution in [0.15, 0.2) is 36.5 Å². The summed E-state index contributed by atoms with van der Waals surface area (Å²) in [5.74, 6) is -1.01. The van der Waals surface area contributed by atoms with Crippen LogP contribution in [-0.4, -0.2) is 81.7 Å². The molecule has 4 heterocycles. The van der Waals surface area contributed by atoms with Crippen LogP contribution in [-0.2, 0) is 11.3 Å². The molecule has 4 N–H and O–H groups in total. The van der Waals surface area contributed by atoms with E-state index >= 15 is 0 Å². The molecular formula is C28H35F3N8O3. The Morgan fingerprint density at radius 1 is 1.24 bits per heavy atom. The van der Waals surface area contributed by atoms with Crippen molar-refractivity contribution in [2.45, 2.75) is 51.1 Å². The van der Waals surface area contributed by atoms with Gasteiger partial charge in [-0.15, -0.1) is 0 Å². The van der Waals surface area contributed by atoms with E-state index in [9.17, 15) is 23.1 Å². The first kappa shape index (κ1) is 29.6. The van der Waals surface area contributed by atoms with Gasteiger partial charge in [0.25, 0.3) is 0 Å². The van der Waals surface area contributed by atoms with E-state index in [1.807, 2.05) is 23.9 Å². The first-order valence-corrected chi connectivity index (χ1v) is 13.7. The van der Waals surface area contributed by atoms with Crippen molar-refractivity contribution in [2.75, 3.05) is 44.4 Å². The normalized spacial score (nSPS) is 19.4. The quantitative estimate of drug-likeness (QED) is 0.360. The van der Waals surface area contributed by atoms with Gasteiger partial charge in [-0.3, -0.25) is 4.79 Å². The van der Waals surface area contributed by atoms with Crippen LogP contribution >= 0.6 is 0 Å². The molecule has 1 spiro atoms. The highest BCUT2D eigenvalue weighted by molar-refractivity contribution is 5.74. The second kappa shape index (κ2) is 11.4. The molecule has 2 fully saturated rings. The average molecular weight is 589 g/mol. The molecule has 0 bridgehead atoms. The fourth-order valence-corrected chi connectivity index (χ4v) is 5.78. The van der Waals surface area contributed by atoms with Crippen molar-refractivity contribution in [1.82, 2.24) is 30.0 Å². The minimum Gasteiger partial charge on any atom is -0.480 e. The number of ether oxygens (including phenoxy) is 1. The maximum Gasteiger partial charge on any atom is 0.429 e. The topological polar surface area (TPSA) is 135 Å². The summed E-state index contributed by atoms with van der Waals surface area (Å²) in [6, 6.07) is 7.26. The number of nitrogens with one attached hydrogen (secondary N) is 1. The minimum absolute atomic E-state index is 0.117. The Morgan fingerprint density at radius 2 is 1.98 bits per heavy atom. The number of carbonyl (C=O) groups is 1. The molecule has 2 saturated heterocycles. The third-order valence-corrected chi connectivity index (χ3v) is 7.89. The van der Waals surface area contributed by atoms with Crippen molar-refractivity contribution < 1.29 is 27.8 Å². The lowest BCUT2D eigenvalue weighted by atomic mass is 9.76.